The van der Waals surface area contributed by atoms with E-state index < -0.39 is 10.3 Å². The van der Waals surface area contributed by atoms with Crippen molar-refractivity contribution in [2.45, 2.75) is 58.0 Å². The number of aliphatic hydroxyl groups excluding tert-OH is 1. The van der Waals surface area contributed by atoms with E-state index in [0.29, 0.717) is 36.5 Å². The van der Waals surface area contributed by atoms with Crippen LogP contribution < -0.4 is 9.46 Å². The number of benzene rings is 1. The molecule has 154 valence electrons. The van der Waals surface area contributed by atoms with Gasteiger partial charge in [-0.15, -0.1) is 0 Å². The van der Waals surface area contributed by atoms with Crippen LogP contribution in [0.25, 0.3) is 0 Å². The molecular weight excluding hydrogens is 378 g/mol. The van der Waals surface area contributed by atoms with Crippen LogP contribution in [-0.2, 0) is 16.7 Å². The van der Waals surface area contributed by atoms with E-state index >= 15 is 0 Å². The number of hydrogen-bond donors (Lipinski definition) is 3. The maximum absolute atomic E-state index is 11.3. The van der Waals surface area contributed by atoms with Crippen molar-refractivity contribution in [1.29, 1.82) is 0 Å². The second-order valence-corrected chi connectivity index (χ2v) is 9.92. The maximum Gasteiger partial charge on any atom is 0.357 e. The molecule has 0 saturated heterocycles. The number of rotatable bonds is 4. The fraction of sp³-hybridized carbons (Fsp3) is 0.619. The molecule has 2 saturated carbocycles. The van der Waals surface area contributed by atoms with Gasteiger partial charge in [-0.2, -0.15) is 8.42 Å². The monoisotopic (exact) mass is 407 g/mol. The number of ether oxygens (including phenoxy) is 1. The summed E-state index contributed by atoms with van der Waals surface area (Å²) in [7, 11) is -4.37. The second kappa shape index (κ2) is 6.75. The highest BCUT2D eigenvalue weighted by Crippen LogP contribution is 2.62. The Bertz CT molecular complexity index is 912. The van der Waals surface area contributed by atoms with Crippen molar-refractivity contribution >= 4 is 16.0 Å². The van der Waals surface area contributed by atoms with E-state index in [1.807, 2.05) is 13.0 Å². The summed E-state index contributed by atoms with van der Waals surface area (Å²) in [6.07, 6.45) is 4.15. The van der Waals surface area contributed by atoms with Crippen LogP contribution in [0.5, 0.6) is 5.75 Å². The van der Waals surface area contributed by atoms with E-state index in [1.54, 1.807) is 6.07 Å². The molecule has 3 aliphatic carbocycles. The third-order valence-corrected chi connectivity index (χ3v) is 7.71. The molecule has 7 heteroatoms. The molecule has 1 aromatic carbocycles. The summed E-state index contributed by atoms with van der Waals surface area (Å²) in [5.41, 5.74) is 3.66. The van der Waals surface area contributed by atoms with Crippen LogP contribution in [0, 0.1) is 17.3 Å². The summed E-state index contributed by atoms with van der Waals surface area (Å²) >= 11 is 0. The zero-order valence-electron chi connectivity index (χ0n) is 16.4. The quantitative estimate of drug-likeness (QED) is 0.523. The molecule has 2 fully saturated rings. The molecule has 0 aromatic heterocycles. The lowest BCUT2D eigenvalue weighted by molar-refractivity contribution is -0.0178. The first kappa shape index (κ1) is 19.7. The minimum atomic E-state index is -4.37. The lowest BCUT2D eigenvalue weighted by atomic mass is 9.55. The Balaban J connectivity index is 1.74. The Morgan fingerprint density at radius 3 is 2.79 bits per heavy atom. The van der Waals surface area contributed by atoms with E-state index in [4.69, 9.17) is 4.74 Å². The predicted octanol–water partition coefficient (Wildman–Crippen LogP) is 3.68. The molecule has 1 aromatic rings. The Morgan fingerprint density at radius 1 is 1.36 bits per heavy atom. The molecule has 6 nitrogen and oxygen atoms in total. The number of nitrogens with one attached hydrogen (secondary N) is 1. The maximum atomic E-state index is 11.3. The first-order chi connectivity index (χ1) is 13.1. The summed E-state index contributed by atoms with van der Waals surface area (Å²) < 4.78 is 39.7. The normalized spacial score (nSPS) is 34.4. The molecule has 4 rings (SSSR count). The van der Waals surface area contributed by atoms with Gasteiger partial charge >= 0.3 is 10.3 Å². The highest BCUT2D eigenvalue weighted by atomic mass is 32.2. The lowest BCUT2D eigenvalue weighted by Gasteiger charge is -2.50. The van der Waals surface area contributed by atoms with Crippen LogP contribution in [0.2, 0.25) is 0 Å². The van der Waals surface area contributed by atoms with Crippen molar-refractivity contribution in [2.24, 2.45) is 17.3 Å². The zero-order chi connectivity index (χ0) is 20.3. The van der Waals surface area contributed by atoms with Gasteiger partial charge in [0, 0.05) is 5.41 Å². The van der Waals surface area contributed by atoms with E-state index in [-0.39, 0.29) is 17.2 Å². The molecule has 0 heterocycles. The molecule has 0 radical (unpaired) electrons. The Kier molecular flexibility index (Phi) is 4.75. The molecule has 0 aliphatic heterocycles. The molecular formula is C21H29NO5S. The van der Waals surface area contributed by atoms with Gasteiger partial charge in [0.05, 0.1) is 18.4 Å². The van der Waals surface area contributed by atoms with Crippen LogP contribution in [0.3, 0.4) is 0 Å². The highest BCUT2D eigenvalue weighted by Gasteiger charge is 2.56. The zero-order valence-corrected chi connectivity index (χ0v) is 17.3. The average Bonchev–Trinajstić information content (AvgIpc) is 2.83. The van der Waals surface area contributed by atoms with E-state index in [0.717, 1.165) is 31.2 Å². The summed E-state index contributed by atoms with van der Waals surface area (Å²) in [5, 5.41) is 10.6. The molecule has 0 amide bonds. The summed E-state index contributed by atoms with van der Waals surface area (Å²) in [6.45, 7) is 8.74. The van der Waals surface area contributed by atoms with Crippen molar-refractivity contribution < 1.29 is 22.8 Å². The van der Waals surface area contributed by atoms with Crippen LogP contribution >= 0.6 is 0 Å². The number of fused-ring (bicyclic) bond motifs is 5. The van der Waals surface area contributed by atoms with Crippen molar-refractivity contribution in [1.82, 2.24) is 0 Å². The van der Waals surface area contributed by atoms with Crippen LogP contribution in [0.4, 0.5) is 5.69 Å². The molecule has 28 heavy (non-hydrogen) atoms. The average molecular weight is 408 g/mol. The van der Waals surface area contributed by atoms with Gasteiger partial charge in [-0.3, -0.25) is 9.27 Å². The second-order valence-electron chi connectivity index (χ2n) is 8.77. The Labute approximate surface area is 166 Å². The van der Waals surface area contributed by atoms with E-state index in [1.165, 1.54) is 11.1 Å². The van der Waals surface area contributed by atoms with Gasteiger partial charge in [0.25, 0.3) is 0 Å². The highest BCUT2D eigenvalue weighted by molar-refractivity contribution is 7.87. The minimum Gasteiger partial charge on any atom is -0.492 e. The number of aliphatic hydroxyl groups is 1. The van der Waals surface area contributed by atoms with Crippen molar-refractivity contribution in [3.05, 3.63) is 35.4 Å². The summed E-state index contributed by atoms with van der Waals surface area (Å²) in [5.74, 6) is 1.55. The largest absolute Gasteiger partial charge is 0.492 e. The molecule has 2 unspecified atom stereocenters. The van der Waals surface area contributed by atoms with E-state index in [2.05, 4.69) is 18.2 Å². The van der Waals surface area contributed by atoms with Gasteiger partial charge in [-0.25, -0.2) is 0 Å². The smallest absolute Gasteiger partial charge is 0.357 e. The number of anilines is 1. The van der Waals surface area contributed by atoms with Crippen molar-refractivity contribution in [3.8, 4) is 5.75 Å². The van der Waals surface area contributed by atoms with Gasteiger partial charge in [0.1, 0.15) is 5.75 Å². The minimum absolute atomic E-state index is 0.0923. The first-order valence-corrected chi connectivity index (χ1v) is 11.5. The van der Waals surface area contributed by atoms with Gasteiger partial charge in [0.15, 0.2) is 0 Å². The van der Waals surface area contributed by atoms with Gasteiger partial charge in [-0.05, 0) is 80.0 Å². The Morgan fingerprint density at radius 2 is 2.11 bits per heavy atom. The van der Waals surface area contributed by atoms with Crippen molar-refractivity contribution in [3.63, 3.8) is 0 Å². The first-order valence-electron chi connectivity index (χ1n) is 10.0. The fourth-order valence-electron chi connectivity index (χ4n) is 6.08. The van der Waals surface area contributed by atoms with Gasteiger partial charge in [-0.1, -0.05) is 19.1 Å². The van der Waals surface area contributed by atoms with Gasteiger partial charge in [0.2, 0.25) is 0 Å². The molecule has 5 atom stereocenters. The molecule has 3 aliphatic rings. The molecule has 0 bridgehead atoms. The topological polar surface area (TPSA) is 95.9 Å². The predicted molar refractivity (Wildman–Crippen MR) is 108 cm³/mol. The number of hydrogen-bond acceptors (Lipinski definition) is 4. The van der Waals surface area contributed by atoms with Crippen molar-refractivity contribution in [2.75, 3.05) is 11.3 Å². The summed E-state index contributed by atoms with van der Waals surface area (Å²) in [6, 6.07) is 3.75. The van der Waals surface area contributed by atoms with Crippen LogP contribution in [0.15, 0.2) is 24.3 Å². The Hall–Kier alpha value is -1.57. The fourth-order valence-corrected chi connectivity index (χ4v) is 6.52. The van der Waals surface area contributed by atoms with Gasteiger partial charge < -0.3 is 9.84 Å². The van der Waals surface area contributed by atoms with Crippen LogP contribution in [0.1, 0.15) is 56.6 Å². The SMILES string of the molecule is C=C1C[C@H](O)[C@@]2(C)CCC3c4cc(OCC)c(NS(=O)(=O)O)cc4CCC3[C@H]12. The number of aryl methyl sites for hydroxylation is 1. The molecule has 0 spiro atoms. The van der Waals surface area contributed by atoms with Crippen LogP contribution in [-0.4, -0.2) is 30.8 Å². The lowest BCUT2D eigenvalue weighted by Crippen LogP contribution is -2.44. The summed E-state index contributed by atoms with van der Waals surface area (Å²) in [4.78, 5) is 0. The van der Waals surface area contributed by atoms with E-state index in [9.17, 15) is 18.1 Å². The standard InChI is InChI=1S/C21H29NO5S/c1-4-27-18-11-16-13(10-17(18)22-28(24,25)26)5-6-15-14(16)7-8-21(3)19(23)9-12(2)20(15)21/h10-11,14-15,19-20,22-23H,2,4-9H2,1,3H3,(H,24,25,26)/t14?,15?,19-,20-,21+/m0/s1. The third kappa shape index (κ3) is 3.13. The molecule has 3 N–H and O–H groups in total. The third-order valence-electron chi connectivity index (χ3n) is 7.23.